The molecule has 0 saturated heterocycles. The second-order valence-corrected chi connectivity index (χ2v) is 4.60. The highest BCUT2D eigenvalue weighted by molar-refractivity contribution is 5.48. The van der Waals surface area contributed by atoms with Gasteiger partial charge in [0.25, 0.3) is 0 Å². The van der Waals surface area contributed by atoms with Crippen LogP contribution in [0.15, 0.2) is 30.5 Å². The molecule has 1 heterocycles. The molecule has 102 valence electrons. The van der Waals surface area contributed by atoms with Gasteiger partial charge in [0.2, 0.25) is 0 Å². The molecule has 2 aromatic rings. The van der Waals surface area contributed by atoms with E-state index >= 15 is 0 Å². The Morgan fingerprint density at radius 1 is 1.26 bits per heavy atom. The highest BCUT2D eigenvalue weighted by Crippen LogP contribution is 2.31. The summed E-state index contributed by atoms with van der Waals surface area (Å²) >= 11 is 0. The number of alkyl halides is 3. The third kappa shape index (κ3) is 2.57. The molecule has 0 aliphatic heterocycles. The number of aromatic nitrogens is 2. The van der Waals surface area contributed by atoms with Gasteiger partial charge in [-0.3, -0.25) is 0 Å². The van der Waals surface area contributed by atoms with Crippen molar-refractivity contribution in [3.8, 4) is 5.69 Å². The standard InChI is InChI=1S/C13H14F3N3/c1-8(2)12-11(17)7-18-19(12)10-5-3-4-9(6-10)13(14,15)16/h3-8H,17H2,1-2H3. The minimum atomic E-state index is -4.37. The maximum absolute atomic E-state index is 12.7. The number of nitrogens with zero attached hydrogens (tertiary/aromatic N) is 2. The predicted octanol–water partition coefficient (Wildman–Crippen LogP) is 3.60. The molecule has 0 unspecified atom stereocenters. The lowest BCUT2D eigenvalue weighted by atomic mass is 10.1. The van der Waals surface area contributed by atoms with Crippen LogP contribution in [0.3, 0.4) is 0 Å². The van der Waals surface area contributed by atoms with Crippen LogP contribution in [0, 0.1) is 0 Å². The summed E-state index contributed by atoms with van der Waals surface area (Å²) in [4.78, 5) is 0. The first-order chi connectivity index (χ1) is 8.80. The van der Waals surface area contributed by atoms with Gasteiger partial charge in [0.05, 0.1) is 28.8 Å². The molecular weight excluding hydrogens is 255 g/mol. The van der Waals surface area contributed by atoms with E-state index in [2.05, 4.69) is 5.10 Å². The zero-order valence-corrected chi connectivity index (χ0v) is 10.6. The average molecular weight is 269 g/mol. The highest BCUT2D eigenvalue weighted by Gasteiger charge is 2.30. The molecule has 1 aromatic heterocycles. The summed E-state index contributed by atoms with van der Waals surface area (Å²) in [5.41, 5.74) is 6.64. The van der Waals surface area contributed by atoms with Crippen molar-refractivity contribution in [2.75, 3.05) is 5.73 Å². The Kier molecular flexibility index (Phi) is 3.26. The summed E-state index contributed by atoms with van der Waals surface area (Å²) in [6.45, 7) is 3.83. The summed E-state index contributed by atoms with van der Waals surface area (Å²) in [5.74, 6) is 0.0667. The predicted molar refractivity (Wildman–Crippen MR) is 67.1 cm³/mol. The third-order valence-corrected chi connectivity index (χ3v) is 2.80. The van der Waals surface area contributed by atoms with Gasteiger partial charge in [0, 0.05) is 0 Å². The van der Waals surface area contributed by atoms with Gasteiger partial charge in [0.15, 0.2) is 0 Å². The van der Waals surface area contributed by atoms with Gasteiger partial charge in [0.1, 0.15) is 0 Å². The molecule has 0 saturated carbocycles. The number of nitrogens with two attached hydrogens (primary N) is 1. The van der Waals surface area contributed by atoms with Crippen LogP contribution in [0.1, 0.15) is 31.0 Å². The van der Waals surface area contributed by atoms with E-state index in [-0.39, 0.29) is 5.92 Å². The van der Waals surface area contributed by atoms with Crippen LogP contribution in [-0.2, 0) is 6.18 Å². The number of halogens is 3. The Bertz CT molecular complexity index is 585. The first-order valence-corrected chi connectivity index (χ1v) is 5.81. The number of hydrogen-bond acceptors (Lipinski definition) is 2. The molecule has 0 aliphatic carbocycles. The zero-order chi connectivity index (χ0) is 14.2. The smallest absolute Gasteiger partial charge is 0.396 e. The highest BCUT2D eigenvalue weighted by atomic mass is 19.4. The van der Waals surface area contributed by atoms with Crippen LogP contribution >= 0.6 is 0 Å². The lowest BCUT2D eigenvalue weighted by Crippen LogP contribution is -2.09. The molecule has 0 atom stereocenters. The monoisotopic (exact) mass is 269 g/mol. The quantitative estimate of drug-likeness (QED) is 0.905. The minimum absolute atomic E-state index is 0.0667. The molecule has 0 fully saturated rings. The van der Waals surface area contributed by atoms with Crippen molar-refractivity contribution in [3.05, 3.63) is 41.7 Å². The fraction of sp³-hybridized carbons (Fsp3) is 0.308. The number of anilines is 1. The van der Waals surface area contributed by atoms with E-state index in [1.807, 2.05) is 13.8 Å². The van der Waals surface area contributed by atoms with E-state index in [0.29, 0.717) is 17.1 Å². The van der Waals surface area contributed by atoms with Crippen molar-refractivity contribution in [1.29, 1.82) is 0 Å². The van der Waals surface area contributed by atoms with Crippen LogP contribution < -0.4 is 5.73 Å². The molecule has 0 amide bonds. The second kappa shape index (κ2) is 4.60. The number of hydrogen-bond donors (Lipinski definition) is 1. The molecule has 0 spiro atoms. The number of rotatable bonds is 2. The fourth-order valence-electron chi connectivity index (χ4n) is 1.97. The van der Waals surface area contributed by atoms with Gasteiger partial charge in [-0.15, -0.1) is 0 Å². The van der Waals surface area contributed by atoms with Gasteiger partial charge < -0.3 is 5.73 Å². The molecule has 0 radical (unpaired) electrons. The van der Waals surface area contributed by atoms with Crippen molar-refractivity contribution in [1.82, 2.24) is 9.78 Å². The van der Waals surface area contributed by atoms with Crippen molar-refractivity contribution in [2.45, 2.75) is 25.9 Å². The average Bonchev–Trinajstić information content (AvgIpc) is 2.70. The van der Waals surface area contributed by atoms with E-state index in [1.54, 1.807) is 6.07 Å². The molecule has 2 N–H and O–H groups in total. The Labute approximate surface area is 108 Å². The van der Waals surface area contributed by atoms with E-state index in [0.717, 1.165) is 12.1 Å². The molecule has 2 rings (SSSR count). The Morgan fingerprint density at radius 2 is 1.95 bits per heavy atom. The first-order valence-electron chi connectivity index (χ1n) is 5.81. The summed E-state index contributed by atoms with van der Waals surface area (Å²) in [7, 11) is 0. The normalized spacial score (nSPS) is 12.1. The zero-order valence-electron chi connectivity index (χ0n) is 10.6. The van der Waals surface area contributed by atoms with Crippen LogP contribution in [0.25, 0.3) is 5.69 Å². The Hall–Kier alpha value is -1.98. The lowest BCUT2D eigenvalue weighted by molar-refractivity contribution is -0.137. The van der Waals surface area contributed by atoms with Crippen LogP contribution in [-0.4, -0.2) is 9.78 Å². The summed E-state index contributed by atoms with van der Waals surface area (Å²) in [6.07, 6.45) is -2.91. The van der Waals surface area contributed by atoms with Crippen molar-refractivity contribution >= 4 is 5.69 Å². The summed E-state index contributed by atoms with van der Waals surface area (Å²) < 4.78 is 39.5. The third-order valence-electron chi connectivity index (χ3n) is 2.80. The largest absolute Gasteiger partial charge is 0.416 e. The van der Waals surface area contributed by atoms with Crippen LogP contribution in [0.4, 0.5) is 18.9 Å². The maximum Gasteiger partial charge on any atom is 0.416 e. The van der Waals surface area contributed by atoms with Crippen molar-refractivity contribution in [2.24, 2.45) is 0 Å². The maximum atomic E-state index is 12.7. The van der Waals surface area contributed by atoms with Gasteiger partial charge in [-0.05, 0) is 24.1 Å². The van der Waals surface area contributed by atoms with E-state index in [1.165, 1.54) is 16.9 Å². The topological polar surface area (TPSA) is 43.8 Å². The molecule has 0 aliphatic rings. The molecule has 6 heteroatoms. The van der Waals surface area contributed by atoms with Crippen molar-refractivity contribution in [3.63, 3.8) is 0 Å². The first kappa shape index (κ1) is 13.5. The molecule has 19 heavy (non-hydrogen) atoms. The SMILES string of the molecule is CC(C)c1c(N)cnn1-c1cccc(C(F)(F)F)c1. The van der Waals surface area contributed by atoms with Gasteiger partial charge in [-0.2, -0.15) is 18.3 Å². The van der Waals surface area contributed by atoms with Crippen LogP contribution in [0.5, 0.6) is 0 Å². The van der Waals surface area contributed by atoms with Crippen molar-refractivity contribution < 1.29 is 13.2 Å². The van der Waals surface area contributed by atoms with E-state index in [9.17, 15) is 13.2 Å². The lowest BCUT2D eigenvalue weighted by Gasteiger charge is -2.13. The van der Waals surface area contributed by atoms with E-state index in [4.69, 9.17) is 5.73 Å². The number of benzene rings is 1. The van der Waals surface area contributed by atoms with Crippen LogP contribution in [0.2, 0.25) is 0 Å². The number of nitrogen functional groups attached to an aromatic ring is 1. The summed E-state index contributed by atoms with van der Waals surface area (Å²) in [6, 6.07) is 5.04. The van der Waals surface area contributed by atoms with E-state index < -0.39 is 11.7 Å². The Morgan fingerprint density at radius 3 is 2.53 bits per heavy atom. The van der Waals surface area contributed by atoms with Gasteiger partial charge >= 0.3 is 6.18 Å². The molecule has 0 bridgehead atoms. The Balaban J connectivity index is 2.54. The summed E-state index contributed by atoms with van der Waals surface area (Å²) in [5, 5.41) is 4.05. The van der Waals surface area contributed by atoms with Gasteiger partial charge in [-0.25, -0.2) is 4.68 Å². The second-order valence-electron chi connectivity index (χ2n) is 4.60. The minimum Gasteiger partial charge on any atom is -0.396 e. The fourth-order valence-corrected chi connectivity index (χ4v) is 1.97. The van der Waals surface area contributed by atoms with Gasteiger partial charge in [-0.1, -0.05) is 19.9 Å². The molecule has 3 nitrogen and oxygen atoms in total. The molecular formula is C13H14F3N3. The molecule has 1 aromatic carbocycles.